The smallest absolute Gasteiger partial charge is 0.305 e. The molecule has 6 nitrogen and oxygen atoms in total. The van der Waals surface area contributed by atoms with Gasteiger partial charge in [0.25, 0.3) is 0 Å². The summed E-state index contributed by atoms with van der Waals surface area (Å²) in [5.41, 5.74) is 0. The Morgan fingerprint density at radius 2 is 0.889 bits per heavy atom. The van der Waals surface area contributed by atoms with Gasteiger partial charge in [0.2, 0.25) is 5.91 Å². The summed E-state index contributed by atoms with van der Waals surface area (Å²) < 4.78 is 5.42. The quantitative estimate of drug-likeness (QED) is 0.0327. The SMILES string of the molecule is CCCCCC/C=C\CCCCCCCC(=O)OCCCCCC/C=C\CCCC(=O)NC(CO)C(O)CCCCCCCCCCCCCCCCC. The molecule has 54 heavy (non-hydrogen) atoms. The molecule has 2 atom stereocenters. The van der Waals surface area contributed by atoms with E-state index in [0.717, 1.165) is 70.6 Å². The van der Waals surface area contributed by atoms with Crippen molar-refractivity contribution < 1.29 is 24.5 Å². The largest absolute Gasteiger partial charge is 0.466 e. The Morgan fingerprint density at radius 1 is 0.500 bits per heavy atom. The topological polar surface area (TPSA) is 95.9 Å². The third-order valence-corrected chi connectivity index (χ3v) is 10.7. The van der Waals surface area contributed by atoms with Crippen LogP contribution in [-0.4, -0.2) is 47.4 Å². The molecule has 0 saturated carbocycles. The lowest BCUT2D eigenvalue weighted by Gasteiger charge is -2.22. The van der Waals surface area contributed by atoms with E-state index in [1.807, 2.05) is 0 Å². The highest BCUT2D eigenvalue weighted by Crippen LogP contribution is 2.15. The van der Waals surface area contributed by atoms with Gasteiger partial charge in [0, 0.05) is 12.8 Å². The number of amides is 1. The third-order valence-electron chi connectivity index (χ3n) is 10.7. The molecule has 318 valence electrons. The van der Waals surface area contributed by atoms with Gasteiger partial charge in [-0.05, 0) is 70.6 Å². The second kappa shape index (κ2) is 44.1. The number of carbonyl (C=O) groups is 2. The van der Waals surface area contributed by atoms with Gasteiger partial charge in [0.1, 0.15) is 0 Å². The van der Waals surface area contributed by atoms with E-state index in [1.165, 1.54) is 141 Å². The molecule has 3 N–H and O–H groups in total. The second-order valence-corrected chi connectivity index (χ2v) is 16.1. The van der Waals surface area contributed by atoms with Crippen LogP contribution in [0.1, 0.15) is 245 Å². The van der Waals surface area contributed by atoms with E-state index in [1.54, 1.807) is 0 Å². The van der Waals surface area contributed by atoms with Crippen molar-refractivity contribution in [3.63, 3.8) is 0 Å². The summed E-state index contributed by atoms with van der Waals surface area (Å²) in [7, 11) is 0. The summed E-state index contributed by atoms with van der Waals surface area (Å²) in [4.78, 5) is 24.4. The number of aliphatic hydroxyl groups is 2. The predicted octanol–water partition coefficient (Wildman–Crippen LogP) is 13.6. The molecule has 0 bridgehead atoms. The van der Waals surface area contributed by atoms with Crippen molar-refractivity contribution in [2.45, 2.75) is 257 Å². The molecular formula is C48H91NO5. The van der Waals surface area contributed by atoms with Gasteiger partial charge in [-0.3, -0.25) is 9.59 Å². The van der Waals surface area contributed by atoms with Gasteiger partial charge in [-0.15, -0.1) is 0 Å². The Morgan fingerprint density at radius 3 is 1.37 bits per heavy atom. The summed E-state index contributed by atoms with van der Waals surface area (Å²) in [6.07, 6.45) is 50.0. The van der Waals surface area contributed by atoms with Crippen molar-refractivity contribution in [2.75, 3.05) is 13.2 Å². The molecule has 0 spiro atoms. The molecule has 0 rings (SSSR count). The molecule has 0 saturated heterocycles. The first-order chi connectivity index (χ1) is 26.5. The van der Waals surface area contributed by atoms with Crippen molar-refractivity contribution >= 4 is 11.9 Å². The Hall–Kier alpha value is -1.66. The molecular weight excluding hydrogens is 671 g/mol. The minimum Gasteiger partial charge on any atom is -0.466 e. The normalized spacial score (nSPS) is 12.9. The van der Waals surface area contributed by atoms with Crippen LogP contribution in [0, 0.1) is 0 Å². The van der Waals surface area contributed by atoms with Gasteiger partial charge in [-0.25, -0.2) is 0 Å². The number of aliphatic hydroxyl groups excluding tert-OH is 2. The first kappa shape index (κ1) is 52.3. The van der Waals surface area contributed by atoms with E-state index < -0.39 is 12.1 Å². The van der Waals surface area contributed by atoms with Crippen LogP contribution >= 0.6 is 0 Å². The molecule has 0 aliphatic carbocycles. The van der Waals surface area contributed by atoms with Gasteiger partial charge < -0.3 is 20.3 Å². The van der Waals surface area contributed by atoms with Crippen LogP contribution in [0.25, 0.3) is 0 Å². The summed E-state index contributed by atoms with van der Waals surface area (Å²) in [5, 5.41) is 23.1. The number of carbonyl (C=O) groups excluding carboxylic acids is 2. The summed E-state index contributed by atoms with van der Waals surface area (Å²) in [6.45, 7) is 4.83. The molecule has 0 heterocycles. The third kappa shape index (κ3) is 40.0. The van der Waals surface area contributed by atoms with Gasteiger partial charge in [0.05, 0.1) is 25.4 Å². The lowest BCUT2D eigenvalue weighted by atomic mass is 10.0. The van der Waals surface area contributed by atoms with E-state index in [0.29, 0.717) is 25.9 Å². The maximum atomic E-state index is 12.4. The van der Waals surface area contributed by atoms with E-state index in [2.05, 4.69) is 43.5 Å². The van der Waals surface area contributed by atoms with Crippen molar-refractivity contribution in [1.29, 1.82) is 0 Å². The van der Waals surface area contributed by atoms with Gasteiger partial charge in [-0.1, -0.05) is 186 Å². The molecule has 0 aromatic heterocycles. The fourth-order valence-electron chi connectivity index (χ4n) is 7.05. The fourth-order valence-corrected chi connectivity index (χ4v) is 7.05. The van der Waals surface area contributed by atoms with Crippen LogP contribution in [-0.2, 0) is 14.3 Å². The standard InChI is InChI=1S/C48H91NO5/c1-3-5-7-9-11-13-15-17-18-20-21-24-28-32-36-40-46(51)45(44-50)49-47(52)41-37-33-29-25-23-27-31-35-39-43-54-48(53)42-38-34-30-26-22-19-16-14-12-10-8-6-4-2/h14,16,25,29,45-46,50-51H,3-13,15,17-24,26-28,30-44H2,1-2H3,(H,49,52)/b16-14-,29-25-. The zero-order valence-corrected chi connectivity index (χ0v) is 36.0. The number of allylic oxidation sites excluding steroid dienone is 4. The van der Waals surface area contributed by atoms with E-state index in [9.17, 15) is 19.8 Å². The number of esters is 1. The van der Waals surface area contributed by atoms with E-state index >= 15 is 0 Å². The maximum Gasteiger partial charge on any atom is 0.305 e. The van der Waals surface area contributed by atoms with Crippen molar-refractivity contribution in [3.05, 3.63) is 24.3 Å². The zero-order valence-electron chi connectivity index (χ0n) is 36.0. The predicted molar refractivity (Wildman–Crippen MR) is 232 cm³/mol. The summed E-state index contributed by atoms with van der Waals surface area (Å²) in [5.74, 6) is -0.142. The number of ether oxygens (including phenoxy) is 1. The van der Waals surface area contributed by atoms with Crippen LogP contribution in [0.3, 0.4) is 0 Å². The number of rotatable bonds is 43. The van der Waals surface area contributed by atoms with Crippen LogP contribution < -0.4 is 5.32 Å². The molecule has 0 aliphatic heterocycles. The van der Waals surface area contributed by atoms with Crippen LogP contribution in [0.5, 0.6) is 0 Å². The lowest BCUT2D eigenvalue weighted by Crippen LogP contribution is -2.45. The van der Waals surface area contributed by atoms with Gasteiger partial charge >= 0.3 is 5.97 Å². The second-order valence-electron chi connectivity index (χ2n) is 16.1. The number of hydrogen-bond acceptors (Lipinski definition) is 5. The number of unbranched alkanes of at least 4 members (excludes halogenated alkanes) is 28. The van der Waals surface area contributed by atoms with Crippen molar-refractivity contribution in [2.24, 2.45) is 0 Å². The average Bonchev–Trinajstić information content (AvgIpc) is 3.17. The highest BCUT2D eigenvalue weighted by atomic mass is 16.5. The minimum absolute atomic E-state index is 0.0453. The maximum absolute atomic E-state index is 12.4. The Labute approximate surface area is 335 Å². The molecule has 0 fully saturated rings. The first-order valence-corrected chi connectivity index (χ1v) is 23.6. The molecule has 0 aliphatic rings. The summed E-state index contributed by atoms with van der Waals surface area (Å²) >= 11 is 0. The van der Waals surface area contributed by atoms with Gasteiger partial charge in [-0.2, -0.15) is 0 Å². The Balaban J connectivity index is 3.56. The molecule has 2 unspecified atom stereocenters. The molecule has 6 heteroatoms. The zero-order chi connectivity index (χ0) is 39.4. The van der Waals surface area contributed by atoms with Gasteiger partial charge in [0.15, 0.2) is 0 Å². The Kier molecular flexibility index (Phi) is 42.7. The molecule has 1 amide bonds. The van der Waals surface area contributed by atoms with E-state index in [4.69, 9.17) is 4.74 Å². The van der Waals surface area contributed by atoms with Crippen molar-refractivity contribution in [1.82, 2.24) is 5.32 Å². The van der Waals surface area contributed by atoms with Crippen LogP contribution in [0.4, 0.5) is 0 Å². The summed E-state index contributed by atoms with van der Waals surface area (Å²) in [6, 6.07) is -0.578. The minimum atomic E-state index is -0.694. The molecule has 0 radical (unpaired) electrons. The molecule has 0 aromatic rings. The lowest BCUT2D eigenvalue weighted by molar-refractivity contribution is -0.143. The number of nitrogens with one attached hydrogen (secondary N) is 1. The van der Waals surface area contributed by atoms with Crippen molar-refractivity contribution in [3.8, 4) is 0 Å². The molecule has 0 aromatic carbocycles. The highest BCUT2D eigenvalue weighted by molar-refractivity contribution is 5.76. The Bertz CT molecular complexity index is 843. The van der Waals surface area contributed by atoms with Crippen LogP contribution in [0.2, 0.25) is 0 Å². The van der Waals surface area contributed by atoms with E-state index in [-0.39, 0.29) is 18.5 Å². The highest BCUT2D eigenvalue weighted by Gasteiger charge is 2.19. The first-order valence-electron chi connectivity index (χ1n) is 23.6. The monoisotopic (exact) mass is 762 g/mol. The fraction of sp³-hybridized carbons (Fsp3) is 0.875. The number of hydrogen-bond donors (Lipinski definition) is 3. The van der Waals surface area contributed by atoms with Crippen LogP contribution in [0.15, 0.2) is 24.3 Å². The average molecular weight is 762 g/mol.